The Labute approximate surface area is 118 Å². The maximum absolute atomic E-state index is 13.1. The van der Waals surface area contributed by atoms with E-state index in [0.29, 0.717) is 16.9 Å². The molecule has 0 saturated heterocycles. The van der Waals surface area contributed by atoms with E-state index in [1.165, 1.54) is 25.1 Å². The summed E-state index contributed by atoms with van der Waals surface area (Å²) >= 11 is 0.482. The molecule has 0 radical (unpaired) electrons. The Hall–Kier alpha value is -1.82. The molecule has 0 unspecified atom stereocenters. The van der Waals surface area contributed by atoms with Gasteiger partial charge in [0.05, 0.1) is 4.88 Å². The normalized spacial score (nSPS) is 11.4. The number of alkyl halides is 3. The zero-order chi connectivity index (χ0) is 14.9. The predicted octanol–water partition coefficient (Wildman–Crippen LogP) is 4.14. The maximum atomic E-state index is 13.1. The summed E-state index contributed by atoms with van der Waals surface area (Å²) in [5, 5.41) is 0. The van der Waals surface area contributed by atoms with E-state index in [9.17, 15) is 18.0 Å². The van der Waals surface area contributed by atoms with Crippen LogP contribution in [-0.4, -0.2) is 24.9 Å². The summed E-state index contributed by atoms with van der Waals surface area (Å²) in [5.74, 6) is -0.428. The Balaban J connectivity index is 2.58. The number of carbonyl (C=O) groups is 1. The zero-order valence-electron chi connectivity index (χ0n) is 10.9. The second-order valence-electron chi connectivity index (χ2n) is 4.42. The molecule has 0 bridgehead atoms. The van der Waals surface area contributed by atoms with Gasteiger partial charge in [0.1, 0.15) is 4.88 Å². The third kappa shape index (κ3) is 2.85. The molecule has 6 heteroatoms. The van der Waals surface area contributed by atoms with Crippen LogP contribution in [0.15, 0.2) is 36.4 Å². The van der Waals surface area contributed by atoms with Crippen LogP contribution in [0.25, 0.3) is 11.1 Å². The third-order valence-electron chi connectivity index (χ3n) is 2.69. The maximum Gasteiger partial charge on any atom is 0.426 e. The SMILES string of the molecule is CN(C)C(=O)c1cc(-c2ccccc2)c(C(F)(F)F)s1. The second-order valence-corrected chi connectivity index (χ2v) is 5.47. The molecule has 106 valence electrons. The molecule has 0 spiro atoms. The highest BCUT2D eigenvalue weighted by Gasteiger charge is 2.37. The Kier molecular flexibility index (Phi) is 3.85. The van der Waals surface area contributed by atoms with E-state index in [2.05, 4.69) is 0 Å². The molecular weight excluding hydrogens is 287 g/mol. The van der Waals surface area contributed by atoms with E-state index >= 15 is 0 Å². The Morgan fingerprint density at radius 1 is 1.15 bits per heavy atom. The fourth-order valence-corrected chi connectivity index (χ4v) is 2.83. The summed E-state index contributed by atoms with van der Waals surface area (Å²) in [5.41, 5.74) is 0.502. The highest BCUT2D eigenvalue weighted by Crippen LogP contribution is 2.42. The van der Waals surface area contributed by atoms with Gasteiger partial charge in [0.25, 0.3) is 5.91 Å². The first-order valence-electron chi connectivity index (χ1n) is 5.79. The fraction of sp³-hybridized carbons (Fsp3) is 0.214. The molecule has 1 aromatic carbocycles. The molecule has 0 fully saturated rings. The van der Waals surface area contributed by atoms with Crippen LogP contribution in [0.2, 0.25) is 0 Å². The molecule has 1 aromatic heterocycles. The van der Waals surface area contributed by atoms with E-state index in [4.69, 9.17) is 0 Å². The van der Waals surface area contributed by atoms with Crippen molar-refractivity contribution in [2.75, 3.05) is 14.1 Å². The third-order valence-corrected chi connectivity index (χ3v) is 3.86. The van der Waals surface area contributed by atoms with Gasteiger partial charge >= 0.3 is 6.18 Å². The van der Waals surface area contributed by atoms with Crippen molar-refractivity contribution < 1.29 is 18.0 Å². The molecule has 0 aliphatic carbocycles. The first-order chi connectivity index (χ1) is 9.30. The largest absolute Gasteiger partial charge is 0.426 e. The van der Waals surface area contributed by atoms with Crippen molar-refractivity contribution >= 4 is 17.2 Å². The first kappa shape index (κ1) is 14.6. The van der Waals surface area contributed by atoms with Crippen LogP contribution in [0.1, 0.15) is 14.5 Å². The van der Waals surface area contributed by atoms with Crippen LogP contribution in [0.3, 0.4) is 0 Å². The summed E-state index contributed by atoms with van der Waals surface area (Å²) in [6.45, 7) is 0. The summed E-state index contributed by atoms with van der Waals surface area (Å²) in [4.78, 5) is 12.4. The highest BCUT2D eigenvalue weighted by molar-refractivity contribution is 7.14. The molecule has 1 amide bonds. The van der Waals surface area contributed by atoms with E-state index in [1.54, 1.807) is 30.3 Å². The average Bonchev–Trinajstić information content (AvgIpc) is 2.83. The second kappa shape index (κ2) is 5.28. The molecule has 2 rings (SSSR count). The summed E-state index contributed by atoms with van der Waals surface area (Å²) in [6.07, 6.45) is -4.47. The minimum Gasteiger partial charge on any atom is -0.344 e. The minimum absolute atomic E-state index is 0.0494. The predicted molar refractivity (Wildman–Crippen MR) is 72.8 cm³/mol. The standard InChI is InChI=1S/C14H12F3NOS/c1-18(2)13(19)11-8-10(9-6-4-3-5-7-9)12(20-11)14(15,16)17/h3-8H,1-2H3. The van der Waals surface area contributed by atoms with Crippen molar-refractivity contribution in [3.8, 4) is 11.1 Å². The molecule has 20 heavy (non-hydrogen) atoms. The van der Waals surface area contributed by atoms with E-state index < -0.39 is 17.0 Å². The topological polar surface area (TPSA) is 20.3 Å². The number of hydrogen-bond donors (Lipinski definition) is 0. The monoisotopic (exact) mass is 299 g/mol. The molecular formula is C14H12F3NOS. The molecule has 2 aromatic rings. The molecule has 2 nitrogen and oxygen atoms in total. The molecule has 0 N–H and O–H groups in total. The van der Waals surface area contributed by atoms with Gasteiger partial charge in [0.15, 0.2) is 0 Å². The number of thiophene rings is 1. The van der Waals surface area contributed by atoms with E-state index in [-0.39, 0.29) is 10.4 Å². The van der Waals surface area contributed by atoms with Crippen LogP contribution in [0, 0.1) is 0 Å². The van der Waals surface area contributed by atoms with Crippen molar-refractivity contribution in [1.29, 1.82) is 0 Å². The number of carbonyl (C=O) groups excluding carboxylic acids is 1. The highest BCUT2D eigenvalue weighted by atomic mass is 32.1. The van der Waals surface area contributed by atoms with Crippen molar-refractivity contribution in [3.05, 3.63) is 46.2 Å². The average molecular weight is 299 g/mol. The number of rotatable bonds is 2. The summed E-state index contributed by atoms with van der Waals surface area (Å²) < 4.78 is 39.3. The summed E-state index contributed by atoms with van der Waals surface area (Å²) in [6, 6.07) is 9.57. The number of halogens is 3. The van der Waals surface area contributed by atoms with Gasteiger partial charge < -0.3 is 4.90 Å². The first-order valence-corrected chi connectivity index (χ1v) is 6.60. The van der Waals surface area contributed by atoms with E-state index in [1.807, 2.05) is 0 Å². The van der Waals surface area contributed by atoms with Crippen molar-refractivity contribution in [2.24, 2.45) is 0 Å². The van der Waals surface area contributed by atoms with Crippen molar-refractivity contribution in [1.82, 2.24) is 4.90 Å². The van der Waals surface area contributed by atoms with Gasteiger partial charge in [-0.3, -0.25) is 4.79 Å². The lowest BCUT2D eigenvalue weighted by Crippen LogP contribution is -2.20. The Morgan fingerprint density at radius 2 is 1.75 bits per heavy atom. The smallest absolute Gasteiger partial charge is 0.344 e. The van der Waals surface area contributed by atoms with E-state index in [0.717, 1.165) is 0 Å². The van der Waals surface area contributed by atoms with Gasteiger partial charge in [0, 0.05) is 19.7 Å². The number of amides is 1. The fourth-order valence-electron chi connectivity index (χ4n) is 1.76. The van der Waals surface area contributed by atoms with Gasteiger partial charge in [-0.15, -0.1) is 11.3 Å². The van der Waals surface area contributed by atoms with Crippen LogP contribution in [-0.2, 0) is 6.18 Å². The van der Waals surface area contributed by atoms with Crippen LogP contribution < -0.4 is 0 Å². The Morgan fingerprint density at radius 3 is 2.25 bits per heavy atom. The molecule has 0 aliphatic heterocycles. The Bertz CT molecular complexity index is 617. The number of hydrogen-bond acceptors (Lipinski definition) is 2. The van der Waals surface area contributed by atoms with Crippen molar-refractivity contribution in [3.63, 3.8) is 0 Å². The van der Waals surface area contributed by atoms with Crippen LogP contribution in [0.4, 0.5) is 13.2 Å². The molecule has 0 atom stereocenters. The van der Waals surface area contributed by atoms with Gasteiger partial charge in [-0.25, -0.2) is 0 Å². The quantitative estimate of drug-likeness (QED) is 0.816. The lowest BCUT2D eigenvalue weighted by atomic mass is 10.1. The van der Waals surface area contributed by atoms with Gasteiger partial charge in [-0.1, -0.05) is 30.3 Å². The van der Waals surface area contributed by atoms with Gasteiger partial charge in [-0.05, 0) is 11.6 Å². The lowest BCUT2D eigenvalue weighted by Gasteiger charge is -2.07. The molecule has 0 saturated carbocycles. The lowest BCUT2D eigenvalue weighted by molar-refractivity contribution is -0.133. The van der Waals surface area contributed by atoms with Gasteiger partial charge in [0.2, 0.25) is 0 Å². The minimum atomic E-state index is -4.47. The molecule has 1 heterocycles. The zero-order valence-corrected chi connectivity index (χ0v) is 11.7. The van der Waals surface area contributed by atoms with Gasteiger partial charge in [-0.2, -0.15) is 13.2 Å². The van der Waals surface area contributed by atoms with Crippen molar-refractivity contribution in [2.45, 2.75) is 6.18 Å². The number of nitrogens with zero attached hydrogens (tertiary/aromatic N) is 1. The molecule has 0 aliphatic rings. The number of benzene rings is 1. The van der Waals surface area contributed by atoms with Crippen LogP contribution in [0.5, 0.6) is 0 Å². The van der Waals surface area contributed by atoms with Crippen LogP contribution >= 0.6 is 11.3 Å². The summed E-state index contributed by atoms with van der Waals surface area (Å²) in [7, 11) is 3.02.